The molecule has 0 aromatic carbocycles. The average Bonchev–Trinajstić information content (AvgIpc) is 3.03. The van der Waals surface area contributed by atoms with E-state index in [1.165, 1.54) is 31.4 Å². The van der Waals surface area contributed by atoms with E-state index in [2.05, 4.69) is 16.4 Å². The molecule has 0 radical (unpaired) electrons. The molecule has 1 fully saturated rings. The Bertz CT molecular complexity index is 254. The summed E-state index contributed by atoms with van der Waals surface area (Å²) in [5.41, 5.74) is 1.33. The summed E-state index contributed by atoms with van der Waals surface area (Å²) in [6.07, 6.45) is 9.16. The van der Waals surface area contributed by atoms with E-state index >= 15 is 0 Å². The Morgan fingerprint density at radius 2 is 2.29 bits per heavy atom. The van der Waals surface area contributed by atoms with Crippen molar-refractivity contribution in [3.8, 4) is 0 Å². The first-order chi connectivity index (χ1) is 6.95. The van der Waals surface area contributed by atoms with E-state index in [1.54, 1.807) is 0 Å². The summed E-state index contributed by atoms with van der Waals surface area (Å²) < 4.78 is 0. The molecule has 0 unspecified atom stereocenters. The lowest BCUT2D eigenvalue weighted by Crippen LogP contribution is -2.18. The molecule has 0 aliphatic heterocycles. The van der Waals surface area contributed by atoms with Gasteiger partial charge in [-0.3, -0.25) is 4.98 Å². The second-order valence-electron chi connectivity index (χ2n) is 4.09. The number of hydrogen-bond acceptors (Lipinski definition) is 2. The molecule has 1 aromatic heterocycles. The SMILES string of the molecule is c1cncc(CCNCCC2CC2)c1. The Morgan fingerprint density at radius 1 is 1.36 bits per heavy atom. The molecule has 0 atom stereocenters. The van der Waals surface area contributed by atoms with Crippen molar-refractivity contribution >= 4 is 0 Å². The Labute approximate surface area is 85.7 Å². The van der Waals surface area contributed by atoms with E-state index in [9.17, 15) is 0 Å². The summed E-state index contributed by atoms with van der Waals surface area (Å²) in [6, 6.07) is 4.13. The van der Waals surface area contributed by atoms with Crippen molar-refractivity contribution in [2.45, 2.75) is 25.7 Å². The minimum Gasteiger partial charge on any atom is -0.316 e. The van der Waals surface area contributed by atoms with Crippen LogP contribution in [0.4, 0.5) is 0 Å². The van der Waals surface area contributed by atoms with Gasteiger partial charge < -0.3 is 5.32 Å². The highest BCUT2D eigenvalue weighted by molar-refractivity contribution is 5.08. The Balaban J connectivity index is 1.54. The first-order valence-corrected chi connectivity index (χ1v) is 5.55. The van der Waals surface area contributed by atoms with Crippen molar-refractivity contribution in [1.82, 2.24) is 10.3 Å². The van der Waals surface area contributed by atoms with Crippen LogP contribution >= 0.6 is 0 Å². The Hall–Kier alpha value is -0.890. The van der Waals surface area contributed by atoms with Crippen LogP contribution in [0.15, 0.2) is 24.5 Å². The zero-order valence-corrected chi connectivity index (χ0v) is 8.58. The first kappa shape index (κ1) is 9.66. The second-order valence-corrected chi connectivity index (χ2v) is 4.09. The lowest BCUT2D eigenvalue weighted by Gasteiger charge is -2.03. The van der Waals surface area contributed by atoms with Crippen LogP contribution in [0, 0.1) is 5.92 Å². The molecule has 76 valence electrons. The van der Waals surface area contributed by atoms with E-state index in [0.29, 0.717) is 0 Å². The van der Waals surface area contributed by atoms with Crippen LogP contribution in [-0.4, -0.2) is 18.1 Å². The fraction of sp³-hybridized carbons (Fsp3) is 0.583. The highest BCUT2D eigenvalue weighted by atomic mass is 14.8. The number of hydrogen-bond donors (Lipinski definition) is 1. The minimum absolute atomic E-state index is 1.04. The van der Waals surface area contributed by atoms with Gasteiger partial charge in [0, 0.05) is 12.4 Å². The van der Waals surface area contributed by atoms with Crippen LogP contribution in [-0.2, 0) is 6.42 Å². The number of pyridine rings is 1. The minimum atomic E-state index is 1.04. The Kier molecular flexibility index (Phi) is 3.52. The average molecular weight is 190 g/mol. The van der Waals surface area contributed by atoms with Crippen molar-refractivity contribution in [2.75, 3.05) is 13.1 Å². The van der Waals surface area contributed by atoms with Crippen LogP contribution in [0.3, 0.4) is 0 Å². The molecule has 1 aliphatic carbocycles. The molecule has 2 nitrogen and oxygen atoms in total. The predicted molar refractivity (Wildman–Crippen MR) is 58.2 cm³/mol. The Morgan fingerprint density at radius 3 is 3.00 bits per heavy atom. The summed E-state index contributed by atoms with van der Waals surface area (Å²) in [7, 11) is 0. The van der Waals surface area contributed by atoms with E-state index in [-0.39, 0.29) is 0 Å². The van der Waals surface area contributed by atoms with Gasteiger partial charge in [-0.25, -0.2) is 0 Å². The fourth-order valence-corrected chi connectivity index (χ4v) is 1.62. The van der Waals surface area contributed by atoms with E-state index < -0.39 is 0 Å². The van der Waals surface area contributed by atoms with Crippen molar-refractivity contribution in [1.29, 1.82) is 0 Å². The molecule has 0 saturated heterocycles. The summed E-state index contributed by atoms with van der Waals surface area (Å²) >= 11 is 0. The van der Waals surface area contributed by atoms with Gasteiger partial charge in [-0.15, -0.1) is 0 Å². The molecule has 0 amide bonds. The lowest BCUT2D eigenvalue weighted by molar-refractivity contribution is 0.613. The van der Waals surface area contributed by atoms with Crippen molar-refractivity contribution in [3.63, 3.8) is 0 Å². The largest absolute Gasteiger partial charge is 0.316 e. The maximum Gasteiger partial charge on any atom is 0.0300 e. The molecule has 14 heavy (non-hydrogen) atoms. The van der Waals surface area contributed by atoms with Gasteiger partial charge in [0.1, 0.15) is 0 Å². The summed E-state index contributed by atoms with van der Waals surface area (Å²) in [5.74, 6) is 1.04. The predicted octanol–water partition coefficient (Wildman–Crippen LogP) is 2.01. The summed E-state index contributed by atoms with van der Waals surface area (Å²) in [4.78, 5) is 4.09. The quantitative estimate of drug-likeness (QED) is 0.694. The van der Waals surface area contributed by atoms with Gasteiger partial charge in [-0.1, -0.05) is 18.9 Å². The van der Waals surface area contributed by atoms with Crippen LogP contribution < -0.4 is 5.32 Å². The third kappa shape index (κ3) is 3.46. The molecular weight excluding hydrogens is 172 g/mol. The topological polar surface area (TPSA) is 24.9 Å². The molecule has 1 saturated carbocycles. The van der Waals surface area contributed by atoms with Crippen molar-refractivity contribution in [2.24, 2.45) is 5.92 Å². The van der Waals surface area contributed by atoms with E-state index in [4.69, 9.17) is 0 Å². The van der Waals surface area contributed by atoms with Crippen LogP contribution in [0.25, 0.3) is 0 Å². The highest BCUT2D eigenvalue weighted by Crippen LogP contribution is 2.31. The number of nitrogens with zero attached hydrogens (tertiary/aromatic N) is 1. The molecule has 0 bridgehead atoms. The van der Waals surface area contributed by atoms with E-state index in [1.807, 2.05) is 18.5 Å². The molecule has 1 N–H and O–H groups in total. The third-order valence-corrected chi connectivity index (χ3v) is 2.74. The molecule has 2 rings (SSSR count). The number of aromatic nitrogens is 1. The zero-order valence-electron chi connectivity index (χ0n) is 8.58. The second kappa shape index (κ2) is 5.11. The van der Waals surface area contributed by atoms with Gasteiger partial charge in [0.25, 0.3) is 0 Å². The smallest absolute Gasteiger partial charge is 0.0300 e. The van der Waals surface area contributed by atoms with E-state index in [0.717, 1.165) is 18.9 Å². The molecule has 1 aliphatic rings. The number of nitrogens with one attached hydrogen (secondary N) is 1. The van der Waals surface area contributed by atoms with Gasteiger partial charge >= 0.3 is 0 Å². The molecule has 0 spiro atoms. The van der Waals surface area contributed by atoms with Crippen LogP contribution in [0.5, 0.6) is 0 Å². The highest BCUT2D eigenvalue weighted by Gasteiger charge is 2.19. The standard InChI is InChI=1S/C12H18N2/c1-2-12(10-14-7-1)6-9-13-8-5-11-3-4-11/h1-2,7,10-11,13H,3-6,8-9H2. The fourth-order valence-electron chi connectivity index (χ4n) is 1.62. The van der Waals surface area contributed by atoms with Gasteiger partial charge in [-0.05, 0) is 43.5 Å². The van der Waals surface area contributed by atoms with Gasteiger partial charge in [0.2, 0.25) is 0 Å². The third-order valence-electron chi connectivity index (χ3n) is 2.74. The first-order valence-electron chi connectivity index (χ1n) is 5.55. The molecule has 1 aromatic rings. The zero-order chi connectivity index (χ0) is 9.64. The van der Waals surface area contributed by atoms with Crippen LogP contribution in [0.1, 0.15) is 24.8 Å². The number of rotatable bonds is 6. The molecule has 2 heteroatoms. The lowest BCUT2D eigenvalue weighted by atomic mass is 10.2. The maximum atomic E-state index is 4.09. The van der Waals surface area contributed by atoms with Gasteiger partial charge in [0.15, 0.2) is 0 Å². The van der Waals surface area contributed by atoms with Crippen molar-refractivity contribution in [3.05, 3.63) is 30.1 Å². The summed E-state index contributed by atoms with van der Waals surface area (Å²) in [5, 5.41) is 3.48. The monoisotopic (exact) mass is 190 g/mol. The van der Waals surface area contributed by atoms with Gasteiger partial charge in [-0.2, -0.15) is 0 Å². The van der Waals surface area contributed by atoms with Crippen LogP contribution in [0.2, 0.25) is 0 Å². The molecule has 1 heterocycles. The molecular formula is C12H18N2. The van der Waals surface area contributed by atoms with Gasteiger partial charge in [0.05, 0.1) is 0 Å². The summed E-state index contributed by atoms with van der Waals surface area (Å²) in [6.45, 7) is 2.27. The van der Waals surface area contributed by atoms with Crippen molar-refractivity contribution < 1.29 is 0 Å². The maximum absolute atomic E-state index is 4.09. The normalized spacial score (nSPS) is 15.7.